The second kappa shape index (κ2) is 35.8. The monoisotopic (exact) mass is 1740 g/mol. The van der Waals surface area contributed by atoms with Crippen LogP contribution in [0.25, 0.3) is 66.6 Å². The predicted molar refractivity (Wildman–Crippen MR) is 477 cm³/mol. The van der Waals surface area contributed by atoms with E-state index in [2.05, 4.69) is 45.8 Å². The van der Waals surface area contributed by atoms with Crippen LogP contribution in [-0.2, 0) is 89.6 Å². The van der Waals surface area contributed by atoms with Crippen LogP contribution in [-0.4, -0.2) is 110 Å². The molecule has 0 spiro atoms. The standard InChI is InChI=1S/C23H18FN3O.C22H17FN4O.C20H15ClFN3O.C18H16N2O2S.C17H13FN4O/c1-26-10-8-17-11-15(6-7-21(17)26)16-4-5-18(20(24)12-16)13-27-14-19-3-2-9-25-22(19)23(27)28;1-26-13-18-17(5-2-6-20(18)25-26)14-7-8-15(19(23)10-14)11-27-12-16-4-3-9-24-21(16)22(27)28;1-12-7-16(9-24-19(12)21)13-4-5-14(17(22)8-13)10-25-11-15-3-2-6-23-18(15)20(25)26;21-23(22)18-6-2-1-5-16(18)14-20(23)13-15-7-9-17(10-8-15)19-11-3-4-12-19;18-16-7-14(22-11-19-10-20-22)6-5-13(16)9-21-8-12-3-1-2-4-15(12)17(21)23/h2-12H,13-14H2,1H3;2-10,13H,11-12H2,1H3;2-9H,10-11H2,1H3;1-12H,13-14H2;1-7,10-11H,8-9H2. The largest absolute Gasteiger partial charge is 0.351 e. The molecule has 0 saturated heterocycles. The normalized spacial score (nSPS) is 13.9. The first-order valence-corrected chi connectivity index (χ1v) is 42.9. The van der Waals surface area contributed by atoms with Gasteiger partial charge in [0.1, 0.15) is 58.2 Å². The number of halogens is 5. The molecule has 128 heavy (non-hydrogen) atoms. The Morgan fingerprint density at radius 1 is 0.430 bits per heavy atom. The number of amides is 4. The van der Waals surface area contributed by atoms with Crippen molar-refractivity contribution >= 4 is 67.1 Å². The van der Waals surface area contributed by atoms with Crippen molar-refractivity contribution in [2.24, 2.45) is 14.1 Å². The minimum absolute atomic E-state index is 0.0552. The molecule has 5 aliphatic heterocycles. The second-order valence-electron chi connectivity index (χ2n) is 31.6. The fourth-order valence-corrected chi connectivity index (χ4v) is 18.1. The van der Waals surface area contributed by atoms with Crippen LogP contribution in [0.1, 0.15) is 103 Å². The summed E-state index contributed by atoms with van der Waals surface area (Å²) in [6.07, 6.45) is 17.2. The minimum Gasteiger partial charge on any atom is -0.351 e. The van der Waals surface area contributed by atoms with Crippen LogP contribution in [0.15, 0.2) is 310 Å². The molecule has 0 fully saturated rings. The van der Waals surface area contributed by atoms with E-state index in [1.807, 2.05) is 214 Å². The fourth-order valence-electron chi connectivity index (χ4n) is 16.4. The molecule has 5 aliphatic rings. The average Bonchev–Trinajstić information content (AvgIpc) is 1.62. The van der Waals surface area contributed by atoms with Gasteiger partial charge in [0.25, 0.3) is 23.6 Å². The summed E-state index contributed by atoms with van der Waals surface area (Å²) in [7, 11) is 0.503. The van der Waals surface area contributed by atoms with Crippen LogP contribution in [0.5, 0.6) is 0 Å². The Labute approximate surface area is 738 Å². The van der Waals surface area contributed by atoms with Gasteiger partial charge < -0.3 is 28.7 Å². The molecular weight excluding hydrogens is 1660 g/mol. The van der Waals surface area contributed by atoms with Crippen LogP contribution < -0.4 is 0 Å². The van der Waals surface area contributed by atoms with Gasteiger partial charge in [-0.3, -0.25) is 38.8 Å². The SMILES string of the molecule is Cc1cc(-c2ccc(CN3Cc4cccnc4C3=O)c(F)c2)cnc1Cl.Cn1cc2c(-c3ccc(CN4Cc5cccnc5C4=O)c(F)c3)cccc2n1.Cn1ccc2cc(-c3ccc(CN4Cc5cccnc5C4=O)c(F)c3)ccc21.O=C1c2ccccc2CN1Cc1ccc(-n2cncn2)cc1F.O=S1(=O)c2ccccc2CN1Cc1ccc(-n2cccc2)cc1. The highest BCUT2D eigenvalue weighted by Crippen LogP contribution is 2.37. The molecule has 0 aliphatic carbocycles. The first-order valence-electron chi connectivity index (χ1n) is 41.1. The number of nitrogens with zero attached hydrogens (tertiary/aromatic N) is 16. The number of carbonyl (C=O) groups excluding carboxylic acids is 4. The number of rotatable bonds is 15. The van der Waals surface area contributed by atoms with Gasteiger partial charge in [-0.25, -0.2) is 40.6 Å². The Bertz CT molecular complexity index is 7280. The number of hydrogen-bond donors (Lipinski definition) is 0. The zero-order chi connectivity index (χ0) is 88.4. The van der Waals surface area contributed by atoms with Gasteiger partial charge in [0.2, 0.25) is 10.0 Å². The molecule has 22 nitrogen and oxygen atoms in total. The molecule has 17 aromatic rings. The maximum atomic E-state index is 14.9. The van der Waals surface area contributed by atoms with Gasteiger partial charge in [0, 0.05) is 201 Å². The summed E-state index contributed by atoms with van der Waals surface area (Å²) in [5, 5.41) is 10.9. The number of benzene rings is 9. The van der Waals surface area contributed by atoms with Crippen molar-refractivity contribution in [3.63, 3.8) is 0 Å². The van der Waals surface area contributed by atoms with Gasteiger partial charge in [0.15, 0.2) is 0 Å². The van der Waals surface area contributed by atoms with E-state index in [1.54, 1.807) is 104 Å². The van der Waals surface area contributed by atoms with E-state index < -0.39 is 10.0 Å². The predicted octanol–water partition coefficient (Wildman–Crippen LogP) is 18.6. The summed E-state index contributed by atoms with van der Waals surface area (Å²) in [6.45, 7) is 5.48. The summed E-state index contributed by atoms with van der Waals surface area (Å²) in [4.78, 5) is 77.0. The molecule has 13 heterocycles. The lowest BCUT2D eigenvalue weighted by molar-refractivity contribution is 0.0754. The van der Waals surface area contributed by atoms with Crippen LogP contribution >= 0.6 is 11.6 Å². The molecule has 0 saturated carbocycles. The molecule has 4 amide bonds. The van der Waals surface area contributed by atoms with Gasteiger partial charge in [-0.2, -0.15) is 14.5 Å². The van der Waals surface area contributed by atoms with Crippen LogP contribution in [0.2, 0.25) is 5.15 Å². The summed E-state index contributed by atoms with van der Waals surface area (Å²) < 4.78 is 92.6. The van der Waals surface area contributed by atoms with Crippen molar-refractivity contribution in [3.8, 4) is 44.8 Å². The lowest BCUT2D eigenvalue weighted by atomic mass is 10.00. The molecule has 636 valence electrons. The van der Waals surface area contributed by atoms with E-state index in [0.717, 1.165) is 99.8 Å². The van der Waals surface area contributed by atoms with E-state index in [0.29, 0.717) is 99.9 Å². The van der Waals surface area contributed by atoms with Gasteiger partial charge in [-0.1, -0.05) is 139 Å². The van der Waals surface area contributed by atoms with Crippen molar-refractivity contribution in [2.75, 3.05) is 0 Å². The van der Waals surface area contributed by atoms with Crippen molar-refractivity contribution in [1.82, 2.24) is 77.5 Å². The summed E-state index contributed by atoms with van der Waals surface area (Å²) >= 11 is 5.94. The molecule has 28 heteroatoms. The highest BCUT2D eigenvalue weighted by molar-refractivity contribution is 7.89. The van der Waals surface area contributed by atoms with Crippen LogP contribution in [0.4, 0.5) is 17.6 Å². The van der Waals surface area contributed by atoms with Gasteiger partial charge in [-0.05, 0) is 172 Å². The number of sulfonamides is 1. The molecule has 0 N–H and O–H groups in total. The van der Waals surface area contributed by atoms with E-state index in [4.69, 9.17) is 11.6 Å². The zero-order valence-corrected chi connectivity index (χ0v) is 70.9. The maximum absolute atomic E-state index is 14.9. The molecule has 8 aromatic heterocycles. The maximum Gasteiger partial charge on any atom is 0.273 e. The molecule has 9 aromatic carbocycles. The summed E-state index contributed by atoms with van der Waals surface area (Å²) in [5.74, 6) is -1.86. The Balaban J connectivity index is 0.000000108. The smallest absolute Gasteiger partial charge is 0.273 e. The van der Waals surface area contributed by atoms with E-state index in [9.17, 15) is 45.2 Å². The number of aromatic nitrogens is 11. The van der Waals surface area contributed by atoms with E-state index >= 15 is 0 Å². The van der Waals surface area contributed by atoms with Gasteiger partial charge in [-0.15, -0.1) is 0 Å². The first kappa shape index (κ1) is 83.7. The quantitative estimate of drug-likeness (QED) is 0.0688. The Kier molecular flexibility index (Phi) is 23.4. The second-order valence-corrected chi connectivity index (χ2v) is 33.8. The molecule has 0 bridgehead atoms. The molecular formula is C100H79ClF4N16O6S. The minimum atomic E-state index is -3.37. The third-order valence-electron chi connectivity index (χ3n) is 23.1. The summed E-state index contributed by atoms with van der Waals surface area (Å²) in [5.41, 5.74) is 19.0. The molecule has 0 unspecified atom stereocenters. The lowest BCUT2D eigenvalue weighted by Gasteiger charge is -2.16. The van der Waals surface area contributed by atoms with Crippen molar-refractivity contribution < 1.29 is 45.2 Å². The van der Waals surface area contributed by atoms with E-state index in [-0.39, 0.29) is 73.1 Å². The van der Waals surface area contributed by atoms with E-state index in [1.165, 1.54) is 39.8 Å². The highest BCUT2D eigenvalue weighted by Gasteiger charge is 2.36. The Morgan fingerprint density at radius 3 is 1.48 bits per heavy atom. The van der Waals surface area contributed by atoms with Crippen molar-refractivity contribution in [1.29, 1.82) is 0 Å². The third kappa shape index (κ3) is 17.4. The third-order valence-corrected chi connectivity index (χ3v) is 25.4. The van der Waals surface area contributed by atoms with Gasteiger partial charge in [0.05, 0.1) is 16.1 Å². The molecule has 22 rings (SSSR count). The number of carbonyl (C=O) groups is 4. The van der Waals surface area contributed by atoms with Gasteiger partial charge >= 0.3 is 0 Å². The van der Waals surface area contributed by atoms with Crippen LogP contribution in [0.3, 0.4) is 0 Å². The summed E-state index contributed by atoms with van der Waals surface area (Å²) in [6, 6.07) is 73.8. The number of hydrogen-bond acceptors (Lipinski definition) is 13. The first-order chi connectivity index (χ1) is 62.1. The number of aryl methyl sites for hydroxylation is 3. The van der Waals surface area contributed by atoms with Crippen molar-refractivity contribution in [2.45, 2.75) is 77.3 Å². The number of fused-ring (bicyclic) bond motifs is 7. The highest BCUT2D eigenvalue weighted by atomic mass is 35.5. The van der Waals surface area contributed by atoms with Crippen LogP contribution in [0, 0.1) is 30.2 Å². The zero-order valence-electron chi connectivity index (χ0n) is 69.3. The lowest BCUT2D eigenvalue weighted by Crippen LogP contribution is -2.24. The Hall–Kier alpha value is -15.2. The fraction of sp³-hybridized carbons (Fsp3) is 0.130. The molecule has 0 radical (unpaired) electrons. The average molecular weight is 1740 g/mol. The topological polar surface area (TPSA) is 229 Å². The van der Waals surface area contributed by atoms with Crippen molar-refractivity contribution in [3.05, 3.63) is 417 Å². The molecule has 0 atom stereocenters. The Morgan fingerprint density at radius 2 is 0.930 bits per heavy atom. The number of pyridine rings is 4.